The molecule has 3 rings (SSSR count). The highest BCUT2D eigenvalue weighted by Crippen LogP contribution is 2.36. The van der Waals surface area contributed by atoms with Crippen molar-refractivity contribution in [3.8, 4) is 5.75 Å². The fraction of sp³-hybridized carbons (Fsp3) is 0.238. The van der Waals surface area contributed by atoms with E-state index in [1.807, 2.05) is 30.3 Å². The van der Waals surface area contributed by atoms with Gasteiger partial charge in [-0.1, -0.05) is 23.8 Å². The Morgan fingerprint density at radius 3 is 2.56 bits per heavy atom. The number of carbonyl (C=O) groups is 2. The molecular formula is C21H21NO5. The first-order valence-electron chi connectivity index (χ1n) is 8.54. The van der Waals surface area contributed by atoms with Crippen LogP contribution in [0.15, 0.2) is 52.5 Å². The second-order valence-electron chi connectivity index (χ2n) is 6.44. The molecule has 1 N–H and O–H groups in total. The summed E-state index contributed by atoms with van der Waals surface area (Å²) in [6.07, 6.45) is 0.384. The molecule has 1 amide bonds. The minimum absolute atomic E-state index is 0.444. The molecule has 0 fully saturated rings. The van der Waals surface area contributed by atoms with E-state index in [4.69, 9.17) is 13.9 Å². The molecule has 1 aromatic heterocycles. The van der Waals surface area contributed by atoms with Crippen molar-refractivity contribution in [2.24, 2.45) is 0 Å². The Balaban J connectivity index is 1.87. The standard InChI is InChI=1S/C21H21NO5/c1-12(2)9-20(23)26-13(3)21(24)22-16-11-18-15(10-19(16)25-4)14-7-5-6-8-17(14)27-18/h5-11,13H,1-4H3,(H,22,24). The molecule has 6 heteroatoms. The van der Waals surface area contributed by atoms with E-state index < -0.39 is 18.0 Å². The third kappa shape index (κ3) is 3.95. The first-order valence-corrected chi connectivity index (χ1v) is 8.54. The molecule has 3 aromatic rings. The number of rotatable bonds is 5. The molecule has 0 bridgehead atoms. The number of fused-ring (bicyclic) bond motifs is 3. The summed E-state index contributed by atoms with van der Waals surface area (Å²) in [6.45, 7) is 5.07. The van der Waals surface area contributed by atoms with Crippen LogP contribution in [0.5, 0.6) is 5.75 Å². The number of amides is 1. The molecule has 1 heterocycles. The van der Waals surface area contributed by atoms with Crippen LogP contribution in [0, 0.1) is 0 Å². The smallest absolute Gasteiger partial charge is 0.331 e. The van der Waals surface area contributed by atoms with Gasteiger partial charge < -0.3 is 19.2 Å². The predicted octanol–water partition coefficient (Wildman–Crippen LogP) is 4.43. The molecule has 0 saturated carbocycles. The van der Waals surface area contributed by atoms with Gasteiger partial charge in [0, 0.05) is 22.9 Å². The van der Waals surface area contributed by atoms with Crippen LogP contribution in [0.2, 0.25) is 0 Å². The van der Waals surface area contributed by atoms with E-state index in [-0.39, 0.29) is 0 Å². The van der Waals surface area contributed by atoms with Crippen LogP contribution in [0.4, 0.5) is 5.69 Å². The molecule has 0 spiro atoms. The average Bonchev–Trinajstić information content (AvgIpc) is 2.97. The van der Waals surface area contributed by atoms with Gasteiger partial charge in [-0.05, 0) is 32.9 Å². The van der Waals surface area contributed by atoms with E-state index in [0.29, 0.717) is 17.0 Å². The zero-order valence-electron chi connectivity index (χ0n) is 15.7. The van der Waals surface area contributed by atoms with Crippen LogP contribution in [-0.4, -0.2) is 25.1 Å². The van der Waals surface area contributed by atoms with Gasteiger partial charge in [0.2, 0.25) is 0 Å². The lowest BCUT2D eigenvalue weighted by molar-refractivity contribution is -0.148. The molecule has 1 atom stereocenters. The summed E-state index contributed by atoms with van der Waals surface area (Å²) in [5, 5.41) is 4.59. The number of esters is 1. The monoisotopic (exact) mass is 367 g/mol. The summed E-state index contributed by atoms with van der Waals surface area (Å²) < 4.78 is 16.4. The first kappa shape index (κ1) is 18.5. The highest BCUT2D eigenvalue weighted by Gasteiger charge is 2.20. The number of benzene rings is 2. The summed E-state index contributed by atoms with van der Waals surface area (Å²) in [6, 6.07) is 11.2. The largest absolute Gasteiger partial charge is 0.495 e. The number of carbonyl (C=O) groups excluding carboxylic acids is 2. The number of methoxy groups -OCH3 is 1. The molecule has 2 aromatic carbocycles. The van der Waals surface area contributed by atoms with E-state index in [2.05, 4.69) is 5.32 Å². The third-order valence-corrected chi connectivity index (χ3v) is 4.03. The quantitative estimate of drug-likeness (QED) is 0.533. The Bertz CT molecular complexity index is 1040. The lowest BCUT2D eigenvalue weighted by Crippen LogP contribution is -2.29. The number of nitrogens with one attached hydrogen (secondary N) is 1. The Labute approximate surface area is 156 Å². The van der Waals surface area contributed by atoms with Gasteiger partial charge in [0.05, 0.1) is 12.8 Å². The molecule has 0 aliphatic carbocycles. The van der Waals surface area contributed by atoms with Crippen molar-refractivity contribution in [1.29, 1.82) is 0 Å². The highest BCUT2D eigenvalue weighted by atomic mass is 16.5. The second kappa shape index (κ2) is 7.53. The Hall–Kier alpha value is -3.28. The van der Waals surface area contributed by atoms with Crippen molar-refractivity contribution in [3.05, 3.63) is 48.0 Å². The van der Waals surface area contributed by atoms with E-state index in [1.54, 1.807) is 19.9 Å². The van der Waals surface area contributed by atoms with Crippen molar-refractivity contribution >= 4 is 39.5 Å². The molecule has 1 unspecified atom stereocenters. The van der Waals surface area contributed by atoms with Gasteiger partial charge >= 0.3 is 5.97 Å². The Morgan fingerprint density at radius 2 is 1.85 bits per heavy atom. The fourth-order valence-electron chi connectivity index (χ4n) is 2.75. The maximum absolute atomic E-state index is 12.4. The van der Waals surface area contributed by atoms with E-state index >= 15 is 0 Å². The summed E-state index contributed by atoms with van der Waals surface area (Å²) >= 11 is 0. The number of hydrogen-bond donors (Lipinski definition) is 1. The topological polar surface area (TPSA) is 77.8 Å². The maximum Gasteiger partial charge on any atom is 0.331 e. The molecule has 0 aliphatic rings. The number of para-hydroxylation sites is 1. The average molecular weight is 367 g/mol. The highest BCUT2D eigenvalue weighted by molar-refractivity contribution is 6.08. The molecule has 140 valence electrons. The van der Waals surface area contributed by atoms with Gasteiger partial charge in [0.1, 0.15) is 16.9 Å². The van der Waals surface area contributed by atoms with Crippen LogP contribution in [-0.2, 0) is 14.3 Å². The minimum Gasteiger partial charge on any atom is -0.495 e. The summed E-state index contributed by atoms with van der Waals surface area (Å²) in [4.78, 5) is 24.1. The Kier molecular flexibility index (Phi) is 5.16. The third-order valence-electron chi connectivity index (χ3n) is 4.03. The van der Waals surface area contributed by atoms with Gasteiger partial charge in [0.25, 0.3) is 5.91 Å². The van der Waals surface area contributed by atoms with Gasteiger partial charge in [-0.2, -0.15) is 0 Å². The number of furan rings is 1. The van der Waals surface area contributed by atoms with Crippen molar-refractivity contribution in [1.82, 2.24) is 0 Å². The van der Waals surface area contributed by atoms with Crippen LogP contribution >= 0.6 is 0 Å². The zero-order chi connectivity index (χ0) is 19.6. The lowest BCUT2D eigenvalue weighted by Gasteiger charge is -2.14. The molecule has 0 aliphatic heterocycles. The van der Waals surface area contributed by atoms with Crippen molar-refractivity contribution in [3.63, 3.8) is 0 Å². The van der Waals surface area contributed by atoms with Crippen LogP contribution < -0.4 is 10.1 Å². The first-order chi connectivity index (χ1) is 12.9. The zero-order valence-corrected chi connectivity index (χ0v) is 15.7. The summed E-state index contributed by atoms with van der Waals surface area (Å²) in [7, 11) is 1.53. The lowest BCUT2D eigenvalue weighted by atomic mass is 10.1. The van der Waals surface area contributed by atoms with Crippen molar-refractivity contribution in [2.45, 2.75) is 26.9 Å². The second-order valence-corrected chi connectivity index (χ2v) is 6.44. The van der Waals surface area contributed by atoms with E-state index in [1.165, 1.54) is 20.1 Å². The predicted molar refractivity (Wildman–Crippen MR) is 104 cm³/mol. The maximum atomic E-state index is 12.4. The normalized spacial score (nSPS) is 11.9. The van der Waals surface area contributed by atoms with Gasteiger partial charge in [0.15, 0.2) is 6.10 Å². The number of allylic oxidation sites excluding steroid dienone is 1. The van der Waals surface area contributed by atoms with Crippen LogP contribution in [0.3, 0.4) is 0 Å². The molecule has 6 nitrogen and oxygen atoms in total. The number of ether oxygens (including phenoxy) is 2. The van der Waals surface area contributed by atoms with Crippen LogP contribution in [0.25, 0.3) is 21.9 Å². The summed E-state index contributed by atoms with van der Waals surface area (Å²) in [5.74, 6) is -0.526. The van der Waals surface area contributed by atoms with Crippen molar-refractivity contribution in [2.75, 3.05) is 12.4 Å². The van der Waals surface area contributed by atoms with E-state index in [9.17, 15) is 9.59 Å². The number of hydrogen-bond acceptors (Lipinski definition) is 5. The molecular weight excluding hydrogens is 346 g/mol. The molecule has 27 heavy (non-hydrogen) atoms. The molecule has 0 saturated heterocycles. The molecule has 0 radical (unpaired) electrons. The van der Waals surface area contributed by atoms with Crippen molar-refractivity contribution < 1.29 is 23.5 Å². The Morgan fingerprint density at radius 1 is 1.11 bits per heavy atom. The van der Waals surface area contributed by atoms with E-state index in [0.717, 1.165) is 21.9 Å². The van der Waals surface area contributed by atoms with Gasteiger partial charge in [-0.25, -0.2) is 4.79 Å². The SMILES string of the molecule is COc1cc2c(cc1NC(=O)C(C)OC(=O)C=C(C)C)oc1ccccc12. The number of anilines is 1. The van der Waals surface area contributed by atoms with Crippen LogP contribution in [0.1, 0.15) is 20.8 Å². The fourth-order valence-corrected chi connectivity index (χ4v) is 2.75. The minimum atomic E-state index is -0.954. The summed E-state index contributed by atoms with van der Waals surface area (Å²) in [5.41, 5.74) is 2.62. The van der Waals surface area contributed by atoms with Gasteiger partial charge in [-0.3, -0.25) is 4.79 Å². The van der Waals surface area contributed by atoms with Gasteiger partial charge in [-0.15, -0.1) is 0 Å².